The normalized spacial score (nSPS) is 15.0. The van der Waals surface area contributed by atoms with E-state index in [0.717, 1.165) is 22.8 Å². The molecule has 1 atom stereocenters. The van der Waals surface area contributed by atoms with Crippen molar-refractivity contribution in [2.45, 2.75) is 52.3 Å². The fourth-order valence-corrected chi connectivity index (χ4v) is 3.48. The summed E-state index contributed by atoms with van der Waals surface area (Å²) in [4.78, 5) is 19.0. The molecule has 5 nitrogen and oxygen atoms in total. The van der Waals surface area contributed by atoms with Gasteiger partial charge in [-0.15, -0.1) is 11.6 Å². The van der Waals surface area contributed by atoms with Gasteiger partial charge in [0.05, 0.1) is 23.8 Å². The van der Waals surface area contributed by atoms with Crippen molar-refractivity contribution in [2.24, 2.45) is 5.92 Å². The standard InChI is InChI=1S/C20H26ClN3O2/c1-14(2)15(3)19-17(11-21)24-10-9-23(12-18(24)22-19)20(25)26-13-16-7-5-4-6-8-16/h4-8,14-15H,9-13H2,1-3H3/t15-/m0/s1. The smallest absolute Gasteiger partial charge is 0.410 e. The number of fused-ring (bicyclic) bond motifs is 1. The van der Waals surface area contributed by atoms with Crippen molar-refractivity contribution in [3.8, 4) is 0 Å². The van der Waals surface area contributed by atoms with E-state index in [1.807, 2.05) is 30.3 Å². The van der Waals surface area contributed by atoms with Gasteiger partial charge in [-0.3, -0.25) is 4.90 Å². The molecule has 0 bridgehead atoms. The summed E-state index contributed by atoms with van der Waals surface area (Å²) in [5.41, 5.74) is 3.13. The molecule has 1 amide bonds. The predicted molar refractivity (Wildman–Crippen MR) is 102 cm³/mol. The van der Waals surface area contributed by atoms with E-state index in [4.69, 9.17) is 21.3 Å². The van der Waals surface area contributed by atoms with Crippen molar-refractivity contribution in [1.82, 2.24) is 14.5 Å². The highest BCUT2D eigenvalue weighted by atomic mass is 35.5. The Morgan fingerprint density at radius 1 is 1.23 bits per heavy atom. The van der Waals surface area contributed by atoms with E-state index in [1.165, 1.54) is 0 Å². The zero-order chi connectivity index (χ0) is 18.7. The maximum absolute atomic E-state index is 12.4. The first-order valence-electron chi connectivity index (χ1n) is 9.11. The van der Waals surface area contributed by atoms with E-state index in [0.29, 0.717) is 37.4 Å². The van der Waals surface area contributed by atoms with Gasteiger partial charge in [0.2, 0.25) is 0 Å². The molecule has 0 unspecified atom stereocenters. The van der Waals surface area contributed by atoms with Gasteiger partial charge in [-0.05, 0) is 11.5 Å². The van der Waals surface area contributed by atoms with Crippen LogP contribution in [0.15, 0.2) is 30.3 Å². The Bertz CT molecular complexity index is 758. The average molecular weight is 376 g/mol. The van der Waals surface area contributed by atoms with Gasteiger partial charge in [-0.1, -0.05) is 51.1 Å². The number of amides is 1. The Hall–Kier alpha value is -2.01. The zero-order valence-corrected chi connectivity index (χ0v) is 16.4. The molecule has 3 rings (SSSR count). The van der Waals surface area contributed by atoms with E-state index >= 15 is 0 Å². The maximum atomic E-state index is 12.4. The van der Waals surface area contributed by atoms with Crippen LogP contribution in [-0.2, 0) is 30.3 Å². The molecule has 0 saturated carbocycles. The lowest BCUT2D eigenvalue weighted by Gasteiger charge is -2.27. The Morgan fingerprint density at radius 2 is 1.96 bits per heavy atom. The second-order valence-corrected chi connectivity index (χ2v) is 7.41. The number of hydrogen-bond donors (Lipinski definition) is 0. The molecule has 0 N–H and O–H groups in total. The summed E-state index contributed by atoms with van der Waals surface area (Å²) in [5, 5.41) is 0. The van der Waals surface area contributed by atoms with Crippen LogP contribution < -0.4 is 0 Å². The van der Waals surface area contributed by atoms with Crippen LogP contribution in [0.1, 0.15) is 49.5 Å². The lowest BCUT2D eigenvalue weighted by molar-refractivity contribution is 0.0860. The quantitative estimate of drug-likeness (QED) is 0.721. The van der Waals surface area contributed by atoms with Gasteiger partial charge in [-0.25, -0.2) is 9.78 Å². The molecule has 1 aliphatic rings. The van der Waals surface area contributed by atoms with Crippen molar-refractivity contribution < 1.29 is 9.53 Å². The summed E-state index contributed by atoms with van der Waals surface area (Å²) in [5.74, 6) is 2.16. The second-order valence-electron chi connectivity index (χ2n) is 7.14. The molecule has 1 aromatic carbocycles. The second kappa shape index (κ2) is 8.12. The van der Waals surface area contributed by atoms with Crippen molar-refractivity contribution in [3.05, 3.63) is 53.1 Å². The van der Waals surface area contributed by atoms with Crippen LogP contribution in [0.5, 0.6) is 0 Å². The van der Waals surface area contributed by atoms with Crippen LogP contribution in [-0.4, -0.2) is 27.1 Å². The third-order valence-corrected chi connectivity index (χ3v) is 5.38. The first kappa shape index (κ1) is 18.8. The molecule has 0 aliphatic carbocycles. The third-order valence-electron chi connectivity index (χ3n) is 5.13. The molecular formula is C20H26ClN3O2. The Kier molecular flexibility index (Phi) is 5.87. The van der Waals surface area contributed by atoms with Gasteiger partial charge in [-0.2, -0.15) is 0 Å². The van der Waals surface area contributed by atoms with Crippen LogP contribution in [0.4, 0.5) is 4.79 Å². The SMILES string of the molecule is CC(C)[C@H](C)c1nc2n(c1CCl)CCN(C(=O)OCc1ccccc1)C2. The fraction of sp³-hybridized carbons (Fsp3) is 0.500. The number of alkyl halides is 1. The molecule has 0 radical (unpaired) electrons. The Balaban J connectivity index is 1.70. The lowest BCUT2D eigenvalue weighted by atomic mass is 9.94. The van der Waals surface area contributed by atoms with Crippen molar-refractivity contribution in [1.29, 1.82) is 0 Å². The number of rotatable bonds is 5. The van der Waals surface area contributed by atoms with Crippen LogP contribution in [0.2, 0.25) is 0 Å². The first-order chi connectivity index (χ1) is 12.5. The van der Waals surface area contributed by atoms with Crippen molar-refractivity contribution in [3.63, 3.8) is 0 Å². The van der Waals surface area contributed by atoms with Crippen LogP contribution in [0.25, 0.3) is 0 Å². The minimum atomic E-state index is -0.297. The summed E-state index contributed by atoms with van der Waals surface area (Å²) in [6.45, 7) is 8.62. The first-order valence-corrected chi connectivity index (χ1v) is 9.64. The Morgan fingerprint density at radius 3 is 2.62 bits per heavy atom. The highest BCUT2D eigenvalue weighted by molar-refractivity contribution is 6.17. The van der Waals surface area contributed by atoms with Crippen LogP contribution in [0, 0.1) is 5.92 Å². The zero-order valence-electron chi connectivity index (χ0n) is 15.6. The summed E-state index contributed by atoms with van der Waals surface area (Å²) in [7, 11) is 0. The van der Waals surface area contributed by atoms with Gasteiger partial charge in [0, 0.05) is 19.0 Å². The predicted octanol–water partition coefficient (Wildman–Crippen LogP) is 4.53. The molecule has 2 aromatic rings. The average Bonchev–Trinajstić information content (AvgIpc) is 3.03. The van der Waals surface area contributed by atoms with E-state index < -0.39 is 0 Å². The number of hydrogen-bond acceptors (Lipinski definition) is 3. The number of carbonyl (C=O) groups is 1. The molecule has 2 heterocycles. The van der Waals surface area contributed by atoms with E-state index in [1.54, 1.807) is 4.90 Å². The largest absolute Gasteiger partial charge is 0.445 e. The highest BCUT2D eigenvalue weighted by Gasteiger charge is 2.28. The van der Waals surface area contributed by atoms with Crippen LogP contribution in [0.3, 0.4) is 0 Å². The third kappa shape index (κ3) is 3.88. The summed E-state index contributed by atoms with van der Waals surface area (Å²) >= 11 is 6.21. The number of benzene rings is 1. The minimum absolute atomic E-state index is 0.285. The molecule has 0 saturated heterocycles. The maximum Gasteiger partial charge on any atom is 0.410 e. The van der Waals surface area contributed by atoms with E-state index in [2.05, 4.69) is 25.3 Å². The fourth-order valence-electron chi connectivity index (χ4n) is 3.20. The van der Waals surface area contributed by atoms with Gasteiger partial charge in [0.1, 0.15) is 12.4 Å². The van der Waals surface area contributed by atoms with Gasteiger partial charge < -0.3 is 9.30 Å². The molecule has 0 spiro atoms. The number of imidazole rings is 1. The minimum Gasteiger partial charge on any atom is -0.445 e. The monoisotopic (exact) mass is 375 g/mol. The lowest BCUT2D eigenvalue weighted by Crippen LogP contribution is -2.39. The van der Waals surface area contributed by atoms with Crippen molar-refractivity contribution >= 4 is 17.7 Å². The molecule has 0 fully saturated rings. The van der Waals surface area contributed by atoms with E-state index in [9.17, 15) is 4.79 Å². The summed E-state index contributed by atoms with van der Waals surface area (Å²) < 4.78 is 7.62. The molecule has 1 aliphatic heterocycles. The van der Waals surface area contributed by atoms with Gasteiger partial charge in [0.25, 0.3) is 0 Å². The highest BCUT2D eigenvalue weighted by Crippen LogP contribution is 2.30. The molecule has 26 heavy (non-hydrogen) atoms. The molecular weight excluding hydrogens is 350 g/mol. The molecule has 6 heteroatoms. The van der Waals surface area contributed by atoms with Gasteiger partial charge in [0.15, 0.2) is 0 Å². The Labute approximate surface area is 159 Å². The summed E-state index contributed by atoms with van der Waals surface area (Å²) in [6, 6.07) is 9.71. The number of carbonyl (C=O) groups excluding carboxylic acids is 1. The molecule has 1 aromatic heterocycles. The molecule has 140 valence electrons. The van der Waals surface area contributed by atoms with Crippen LogP contribution >= 0.6 is 11.6 Å². The number of nitrogens with zero attached hydrogens (tertiary/aromatic N) is 3. The number of halogens is 1. The number of ether oxygens (including phenoxy) is 1. The number of aromatic nitrogens is 2. The topological polar surface area (TPSA) is 47.4 Å². The summed E-state index contributed by atoms with van der Waals surface area (Å²) in [6.07, 6.45) is -0.297. The van der Waals surface area contributed by atoms with E-state index in [-0.39, 0.29) is 12.7 Å². The van der Waals surface area contributed by atoms with Crippen molar-refractivity contribution in [2.75, 3.05) is 6.54 Å². The van der Waals surface area contributed by atoms with Gasteiger partial charge >= 0.3 is 6.09 Å².